The van der Waals surface area contributed by atoms with Crippen LogP contribution in [0.2, 0.25) is 0 Å². The molecule has 1 aromatic carbocycles. The Kier molecular flexibility index (Phi) is 5.84. The molecule has 0 saturated heterocycles. The average Bonchev–Trinajstić information content (AvgIpc) is 3.21. The van der Waals surface area contributed by atoms with Crippen molar-refractivity contribution in [2.45, 2.75) is 44.1 Å². The van der Waals surface area contributed by atoms with Crippen molar-refractivity contribution in [2.24, 2.45) is 0 Å². The molecule has 1 saturated carbocycles. The predicted octanol–water partition coefficient (Wildman–Crippen LogP) is 2.46. The number of aliphatic hydroxyl groups is 1. The highest BCUT2D eigenvalue weighted by Crippen LogP contribution is 2.48. The zero-order valence-corrected chi connectivity index (χ0v) is 18.6. The quantitative estimate of drug-likeness (QED) is 0.421. The first-order valence-electron chi connectivity index (χ1n) is 10.7. The maximum Gasteiger partial charge on any atom is 0.275 e. The molecule has 1 aliphatic rings. The van der Waals surface area contributed by atoms with Crippen LogP contribution in [0, 0.1) is 0 Å². The number of nitrogens with two attached hydrogens (primary N) is 1. The molecule has 0 unspecified atom stereocenters. The van der Waals surface area contributed by atoms with E-state index in [4.69, 9.17) is 15.2 Å². The number of aromatic nitrogens is 4. The molecular formula is C23H29N7O2. The van der Waals surface area contributed by atoms with Gasteiger partial charge in [0.15, 0.2) is 5.82 Å². The minimum absolute atomic E-state index is 0.260. The van der Waals surface area contributed by atoms with Gasteiger partial charge in [-0.15, -0.1) is 0 Å². The third-order valence-electron chi connectivity index (χ3n) is 5.73. The maximum atomic E-state index is 10.0. The van der Waals surface area contributed by atoms with Crippen LogP contribution in [-0.4, -0.2) is 44.4 Å². The van der Waals surface area contributed by atoms with Crippen LogP contribution in [0.5, 0.6) is 0 Å². The van der Waals surface area contributed by atoms with Crippen LogP contribution >= 0.6 is 0 Å². The second-order valence-corrected chi connectivity index (χ2v) is 8.78. The van der Waals surface area contributed by atoms with Crippen LogP contribution in [-0.2, 0) is 5.41 Å². The standard InChI is InChI=1S/C23H29N7O2/c1-22(2,31)14-28-18(13-25-3)19-29-20(30-32-19)23(9-4-10-23)17-7-5-15(6-8-17)16-11-26-21(24)27-12-16/h5-8,11-13,25,28,31H,4,9-10,14H2,1-3H3,(H2,24,26,27)/b18-13-. The fourth-order valence-electron chi connectivity index (χ4n) is 3.81. The van der Waals surface area contributed by atoms with E-state index in [9.17, 15) is 5.11 Å². The van der Waals surface area contributed by atoms with Crippen molar-refractivity contribution in [1.29, 1.82) is 0 Å². The highest BCUT2D eigenvalue weighted by atomic mass is 16.5. The van der Waals surface area contributed by atoms with E-state index in [1.807, 2.05) is 0 Å². The van der Waals surface area contributed by atoms with Gasteiger partial charge in [0.25, 0.3) is 5.89 Å². The van der Waals surface area contributed by atoms with E-state index in [-0.39, 0.29) is 11.4 Å². The lowest BCUT2D eigenvalue weighted by Crippen LogP contribution is -2.37. The van der Waals surface area contributed by atoms with Crippen molar-refractivity contribution in [2.75, 3.05) is 19.3 Å². The fourth-order valence-corrected chi connectivity index (χ4v) is 3.81. The maximum absolute atomic E-state index is 10.0. The summed E-state index contributed by atoms with van der Waals surface area (Å²) in [6.45, 7) is 3.82. The summed E-state index contributed by atoms with van der Waals surface area (Å²) < 4.78 is 5.61. The Hall–Kier alpha value is -3.46. The molecule has 5 N–H and O–H groups in total. The number of nitrogens with one attached hydrogen (secondary N) is 2. The Morgan fingerprint density at radius 3 is 2.44 bits per heavy atom. The van der Waals surface area contributed by atoms with E-state index in [1.165, 1.54) is 0 Å². The molecule has 32 heavy (non-hydrogen) atoms. The lowest BCUT2D eigenvalue weighted by atomic mass is 9.64. The number of nitrogen functional groups attached to an aromatic ring is 1. The van der Waals surface area contributed by atoms with Gasteiger partial charge in [-0.25, -0.2) is 9.97 Å². The van der Waals surface area contributed by atoms with Gasteiger partial charge in [-0.05, 0) is 37.8 Å². The van der Waals surface area contributed by atoms with Crippen molar-refractivity contribution in [1.82, 2.24) is 30.7 Å². The Morgan fingerprint density at radius 2 is 1.88 bits per heavy atom. The SMILES string of the molecule is CN/C=C(\NCC(C)(C)O)c1nc(C2(c3ccc(-c4cnc(N)nc4)cc3)CCC2)no1. The van der Waals surface area contributed by atoms with Gasteiger partial charge in [-0.3, -0.25) is 0 Å². The van der Waals surface area contributed by atoms with E-state index in [0.29, 0.717) is 24.0 Å². The third kappa shape index (κ3) is 4.43. The van der Waals surface area contributed by atoms with Crippen molar-refractivity contribution in [3.8, 4) is 11.1 Å². The summed E-state index contributed by atoms with van der Waals surface area (Å²) in [5.41, 5.74) is 8.18. The highest BCUT2D eigenvalue weighted by molar-refractivity contribution is 5.63. The normalized spacial score (nSPS) is 15.8. The molecule has 0 aliphatic heterocycles. The first kappa shape index (κ1) is 21.8. The zero-order valence-electron chi connectivity index (χ0n) is 18.6. The van der Waals surface area contributed by atoms with Crippen LogP contribution in [0.15, 0.2) is 47.4 Å². The van der Waals surface area contributed by atoms with Crippen molar-refractivity contribution in [3.05, 3.63) is 60.1 Å². The summed E-state index contributed by atoms with van der Waals surface area (Å²) in [5, 5.41) is 20.5. The lowest BCUT2D eigenvalue weighted by molar-refractivity contribution is 0.0841. The van der Waals surface area contributed by atoms with Crippen LogP contribution in [0.25, 0.3) is 16.8 Å². The highest BCUT2D eigenvalue weighted by Gasteiger charge is 2.44. The molecule has 0 radical (unpaired) electrons. The van der Waals surface area contributed by atoms with E-state index >= 15 is 0 Å². The van der Waals surface area contributed by atoms with Crippen molar-refractivity contribution >= 4 is 11.6 Å². The van der Waals surface area contributed by atoms with Gasteiger partial charge < -0.3 is 26.0 Å². The first-order valence-corrected chi connectivity index (χ1v) is 10.7. The largest absolute Gasteiger partial charge is 0.392 e. The molecule has 2 aromatic heterocycles. The monoisotopic (exact) mass is 435 g/mol. The fraction of sp³-hybridized carbons (Fsp3) is 0.391. The molecule has 0 bridgehead atoms. The summed E-state index contributed by atoms with van der Waals surface area (Å²) in [7, 11) is 1.80. The van der Waals surface area contributed by atoms with Crippen molar-refractivity contribution in [3.63, 3.8) is 0 Å². The molecule has 1 aliphatic carbocycles. The molecule has 4 rings (SSSR count). The second-order valence-electron chi connectivity index (χ2n) is 8.78. The predicted molar refractivity (Wildman–Crippen MR) is 122 cm³/mol. The molecule has 3 aromatic rings. The molecule has 9 nitrogen and oxygen atoms in total. The van der Waals surface area contributed by atoms with E-state index in [0.717, 1.165) is 36.0 Å². The Morgan fingerprint density at radius 1 is 1.19 bits per heavy atom. The van der Waals surface area contributed by atoms with Gasteiger partial charge in [0, 0.05) is 37.7 Å². The molecule has 0 amide bonds. The summed E-state index contributed by atoms with van der Waals surface area (Å²) >= 11 is 0. The van der Waals surface area contributed by atoms with Gasteiger partial charge in [-0.2, -0.15) is 4.98 Å². The third-order valence-corrected chi connectivity index (χ3v) is 5.73. The number of benzene rings is 1. The number of anilines is 1. The molecule has 0 spiro atoms. The lowest BCUT2D eigenvalue weighted by Gasteiger charge is -2.39. The van der Waals surface area contributed by atoms with Crippen LogP contribution in [0.1, 0.15) is 50.4 Å². The Balaban J connectivity index is 1.59. The van der Waals surface area contributed by atoms with Crippen LogP contribution in [0.3, 0.4) is 0 Å². The van der Waals surface area contributed by atoms with Gasteiger partial charge >= 0.3 is 0 Å². The van der Waals surface area contributed by atoms with Crippen LogP contribution in [0.4, 0.5) is 5.95 Å². The molecule has 168 valence electrons. The number of nitrogens with zero attached hydrogens (tertiary/aromatic N) is 4. The molecule has 2 heterocycles. The zero-order chi connectivity index (χ0) is 22.8. The van der Waals surface area contributed by atoms with E-state index in [1.54, 1.807) is 39.5 Å². The second kappa shape index (κ2) is 8.58. The number of rotatable bonds is 8. The molecule has 0 atom stereocenters. The van der Waals surface area contributed by atoms with Gasteiger partial charge in [0.2, 0.25) is 5.95 Å². The summed E-state index contributed by atoms with van der Waals surface area (Å²) in [5.74, 6) is 1.32. The average molecular weight is 436 g/mol. The molecule has 1 fully saturated rings. The summed E-state index contributed by atoms with van der Waals surface area (Å²) in [4.78, 5) is 12.9. The minimum Gasteiger partial charge on any atom is -0.392 e. The Labute approximate surface area is 187 Å². The topological polar surface area (TPSA) is 135 Å². The molecule has 9 heteroatoms. The van der Waals surface area contributed by atoms with E-state index in [2.05, 4.69) is 50.0 Å². The van der Waals surface area contributed by atoms with Crippen LogP contribution < -0.4 is 16.4 Å². The molecular weight excluding hydrogens is 406 g/mol. The van der Waals surface area contributed by atoms with Crippen molar-refractivity contribution < 1.29 is 9.63 Å². The van der Waals surface area contributed by atoms with Gasteiger partial charge in [0.05, 0.1) is 11.0 Å². The van der Waals surface area contributed by atoms with Gasteiger partial charge in [-0.1, -0.05) is 35.8 Å². The smallest absolute Gasteiger partial charge is 0.275 e. The minimum atomic E-state index is -0.873. The Bertz CT molecular complexity index is 1080. The summed E-state index contributed by atoms with van der Waals surface area (Å²) in [6, 6.07) is 8.33. The van der Waals surface area contributed by atoms with E-state index < -0.39 is 5.60 Å². The first-order chi connectivity index (χ1) is 15.3. The van der Waals surface area contributed by atoms with Gasteiger partial charge in [0.1, 0.15) is 5.70 Å². The number of hydrogen-bond donors (Lipinski definition) is 4. The number of hydrogen-bond acceptors (Lipinski definition) is 9. The summed E-state index contributed by atoms with van der Waals surface area (Å²) in [6.07, 6.45) is 8.21.